The zero-order valence-electron chi connectivity index (χ0n) is 9.56. The van der Waals surface area contributed by atoms with Crippen molar-refractivity contribution in [3.05, 3.63) is 24.1 Å². The number of rotatable bonds is 6. The Kier molecular flexibility index (Phi) is 4.98. The van der Waals surface area contributed by atoms with Gasteiger partial charge in [0.25, 0.3) is 10.0 Å². The van der Waals surface area contributed by atoms with Gasteiger partial charge in [0, 0.05) is 12.7 Å². The summed E-state index contributed by atoms with van der Waals surface area (Å²) in [5.74, 6) is -0.756. The van der Waals surface area contributed by atoms with Crippen LogP contribution in [-0.4, -0.2) is 26.5 Å². The Labute approximate surface area is 100 Å². The Balaban J connectivity index is 2.73. The summed E-state index contributed by atoms with van der Waals surface area (Å²) >= 11 is 0. The third-order valence-electron chi connectivity index (χ3n) is 2.26. The molecular weight excluding hydrogens is 245 g/mol. The Morgan fingerprint density at radius 1 is 1.59 bits per heavy atom. The van der Waals surface area contributed by atoms with Crippen molar-refractivity contribution in [2.45, 2.75) is 18.4 Å². The first kappa shape index (κ1) is 14.0. The second kappa shape index (κ2) is 6.04. The van der Waals surface area contributed by atoms with Gasteiger partial charge in [-0.2, -0.15) is 0 Å². The highest BCUT2D eigenvalue weighted by Gasteiger charge is 2.20. The normalized spacial score (nSPS) is 13.6. The van der Waals surface area contributed by atoms with Gasteiger partial charge in [-0.1, -0.05) is 6.92 Å². The SMILES string of the molecule is CC(CCN)CNS(=O)(=O)c1ncccc1F. The summed E-state index contributed by atoms with van der Waals surface area (Å²) < 4.78 is 39.0. The summed E-state index contributed by atoms with van der Waals surface area (Å²) in [5.41, 5.74) is 5.35. The average Bonchev–Trinajstić information content (AvgIpc) is 2.27. The minimum absolute atomic E-state index is 0.0987. The van der Waals surface area contributed by atoms with Crippen LogP contribution in [0.1, 0.15) is 13.3 Å². The smallest absolute Gasteiger partial charge is 0.261 e. The van der Waals surface area contributed by atoms with E-state index in [-0.39, 0.29) is 12.5 Å². The predicted molar refractivity (Wildman–Crippen MR) is 62.2 cm³/mol. The Bertz CT molecular complexity index is 464. The van der Waals surface area contributed by atoms with Crippen LogP contribution in [-0.2, 0) is 10.0 Å². The van der Waals surface area contributed by atoms with Crippen molar-refractivity contribution in [3.8, 4) is 0 Å². The van der Waals surface area contributed by atoms with Gasteiger partial charge in [0.1, 0.15) is 0 Å². The van der Waals surface area contributed by atoms with Crippen LogP contribution in [0.4, 0.5) is 4.39 Å². The van der Waals surface area contributed by atoms with Crippen LogP contribution in [0, 0.1) is 11.7 Å². The van der Waals surface area contributed by atoms with Crippen molar-refractivity contribution in [2.75, 3.05) is 13.1 Å². The number of aromatic nitrogens is 1. The second-order valence-corrected chi connectivity index (χ2v) is 5.51. The lowest BCUT2D eigenvalue weighted by Gasteiger charge is -2.11. The van der Waals surface area contributed by atoms with Crippen molar-refractivity contribution >= 4 is 10.0 Å². The Hall–Kier alpha value is -1.05. The van der Waals surface area contributed by atoms with Crippen molar-refractivity contribution in [1.82, 2.24) is 9.71 Å². The lowest BCUT2D eigenvalue weighted by molar-refractivity contribution is 0.506. The molecule has 0 aliphatic heterocycles. The molecule has 0 saturated heterocycles. The zero-order valence-corrected chi connectivity index (χ0v) is 10.4. The molecule has 1 atom stereocenters. The van der Waals surface area contributed by atoms with Gasteiger partial charge < -0.3 is 5.73 Å². The molecule has 0 radical (unpaired) electrons. The highest BCUT2D eigenvalue weighted by molar-refractivity contribution is 7.89. The van der Waals surface area contributed by atoms with Crippen molar-refractivity contribution in [1.29, 1.82) is 0 Å². The van der Waals surface area contributed by atoms with E-state index < -0.39 is 20.9 Å². The molecule has 0 amide bonds. The van der Waals surface area contributed by atoms with Gasteiger partial charge in [0.2, 0.25) is 5.03 Å². The summed E-state index contributed by atoms with van der Waals surface area (Å²) in [4.78, 5) is 3.52. The second-order valence-electron chi connectivity index (χ2n) is 3.82. The molecule has 0 saturated carbocycles. The largest absolute Gasteiger partial charge is 0.330 e. The number of hydrogen-bond donors (Lipinski definition) is 2. The third-order valence-corrected chi connectivity index (χ3v) is 3.62. The molecule has 1 aromatic rings. The molecule has 0 aliphatic rings. The van der Waals surface area contributed by atoms with Crippen LogP contribution in [0.3, 0.4) is 0 Å². The molecule has 1 rings (SSSR count). The van der Waals surface area contributed by atoms with E-state index >= 15 is 0 Å². The summed E-state index contributed by atoms with van der Waals surface area (Å²) in [7, 11) is -3.88. The molecule has 0 fully saturated rings. The van der Waals surface area contributed by atoms with Gasteiger partial charge in [-0.3, -0.25) is 0 Å². The maximum absolute atomic E-state index is 13.3. The van der Waals surface area contributed by atoms with E-state index in [0.717, 1.165) is 6.07 Å². The summed E-state index contributed by atoms with van der Waals surface area (Å²) in [6, 6.07) is 2.40. The van der Waals surface area contributed by atoms with Crippen molar-refractivity contribution < 1.29 is 12.8 Å². The Morgan fingerprint density at radius 2 is 2.29 bits per heavy atom. The topological polar surface area (TPSA) is 85.1 Å². The van der Waals surface area contributed by atoms with E-state index in [1.54, 1.807) is 0 Å². The number of halogens is 1. The fourth-order valence-corrected chi connectivity index (χ4v) is 2.44. The first-order chi connectivity index (χ1) is 7.97. The molecule has 96 valence electrons. The minimum atomic E-state index is -3.88. The van der Waals surface area contributed by atoms with Crippen LogP contribution < -0.4 is 10.5 Å². The Morgan fingerprint density at radius 3 is 2.88 bits per heavy atom. The standard InChI is InChI=1S/C10H16FN3O2S/c1-8(4-5-12)7-14-17(15,16)10-9(11)3-2-6-13-10/h2-3,6,8,14H,4-5,7,12H2,1H3. The quantitative estimate of drug-likeness (QED) is 0.780. The molecule has 0 aromatic carbocycles. The lowest BCUT2D eigenvalue weighted by atomic mass is 10.1. The van der Waals surface area contributed by atoms with Gasteiger partial charge in [-0.05, 0) is 31.0 Å². The zero-order chi connectivity index (χ0) is 12.9. The van der Waals surface area contributed by atoms with Crippen molar-refractivity contribution in [3.63, 3.8) is 0 Å². The van der Waals surface area contributed by atoms with E-state index in [1.807, 2.05) is 6.92 Å². The van der Waals surface area contributed by atoms with E-state index in [1.165, 1.54) is 12.3 Å². The summed E-state index contributed by atoms with van der Waals surface area (Å²) in [5, 5.41) is -0.569. The van der Waals surface area contributed by atoms with Crippen LogP contribution >= 0.6 is 0 Å². The van der Waals surface area contributed by atoms with E-state index in [4.69, 9.17) is 5.73 Å². The molecule has 5 nitrogen and oxygen atoms in total. The lowest BCUT2D eigenvalue weighted by Crippen LogP contribution is -2.30. The number of hydrogen-bond acceptors (Lipinski definition) is 4. The van der Waals surface area contributed by atoms with Crippen molar-refractivity contribution in [2.24, 2.45) is 11.7 Å². The number of sulfonamides is 1. The highest BCUT2D eigenvalue weighted by Crippen LogP contribution is 2.10. The highest BCUT2D eigenvalue weighted by atomic mass is 32.2. The number of pyridine rings is 1. The van der Waals surface area contributed by atoms with Gasteiger partial charge in [0.15, 0.2) is 5.82 Å². The predicted octanol–water partition coefficient (Wildman–Crippen LogP) is 0.484. The van der Waals surface area contributed by atoms with Gasteiger partial charge in [0.05, 0.1) is 0 Å². The molecule has 1 heterocycles. The summed E-state index contributed by atoms with van der Waals surface area (Å²) in [6.45, 7) is 2.57. The maximum Gasteiger partial charge on any atom is 0.261 e. The van der Waals surface area contributed by atoms with Crippen LogP contribution in [0.5, 0.6) is 0 Å². The fourth-order valence-electron chi connectivity index (χ4n) is 1.28. The number of nitrogens with zero attached hydrogens (tertiary/aromatic N) is 1. The van der Waals surface area contributed by atoms with Crippen LogP contribution in [0.25, 0.3) is 0 Å². The molecule has 1 unspecified atom stereocenters. The first-order valence-electron chi connectivity index (χ1n) is 5.27. The molecule has 3 N–H and O–H groups in total. The van der Waals surface area contributed by atoms with E-state index in [9.17, 15) is 12.8 Å². The van der Waals surface area contributed by atoms with Gasteiger partial charge >= 0.3 is 0 Å². The van der Waals surface area contributed by atoms with Crippen LogP contribution in [0.15, 0.2) is 23.4 Å². The first-order valence-corrected chi connectivity index (χ1v) is 6.76. The minimum Gasteiger partial charge on any atom is -0.330 e. The maximum atomic E-state index is 13.3. The van der Waals surface area contributed by atoms with Gasteiger partial charge in [-0.25, -0.2) is 22.5 Å². The monoisotopic (exact) mass is 261 g/mol. The molecule has 7 heteroatoms. The number of nitrogens with two attached hydrogens (primary N) is 1. The molecule has 1 aromatic heterocycles. The van der Waals surface area contributed by atoms with E-state index in [0.29, 0.717) is 13.0 Å². The average molecular weight is 261 g/mol. The molecule has 0 aliphatic carbocycles. The van der Waals surface area contributed by atoms with Gasteiger partial charge in [-0.15, -0.1) is 0 Å². The molecule has 17 heavy (non-hydrogen) atoms. The van der Waals surface area contributed by atoms with Crippen LogP contribution in [0.2, 0.25) is 0 Å². The molecule has 0 spiro atoms. The third kappa shape index (κ3) is 4.03. The number of nitrogens with one attached hydrogen (secondary N) is 1. The molecular formula is C10H16FN3O2S. The fraction of sp³-hybridized carbons (Fsp3) is 0.500. The molecule has 0 bridgehead atoms. The van der Waals surface area contributed by atoms with E-state index in [2.05, 4.69) is 9.71 Å². The summed E-state index contributed by atoms with van der Waals surface area (Å²) in [6.07, 6.45) is 1.94.